The van der Waals surface area contributed by atoms with Crippen LogP contribution in [0.4, 0.5) is 18.9 Å². The van der Waals surface area contributed by atoms with Gasteiger partial charge in [0.2, 0.25) is 5.88 Å². The van der Waals surface area contributed by atoms with Crippen molar-refractivity contribution in [1.82, 2.24) is 19.7 Å². The van der Waals surface area contributed by atoms with E-state index in [0.29, 0.717) is 18.0 Å². The topological polar surface area (TPSA) is 91.2 Å². The van der Waals surface area contributed by atoms with Crippen molar-refractivity contribution < 1.29 is 27.4 Å². The molecule has 1 amide bonds. The third-order valence-corrected chi connectivity index (χ3v) is 4.09. The fourth-order valence-corrected chi connectivity index (χ4v) is 2.55. The Kier molecular flexibility index (Phi) is 6.31. The summed E-state index contributed by atoms with van der Waals surface area (Å²) in [6, 6.07) is 5.36. The molecule has 158 valence electrons. The van der Waals surface area contributed by atoms with Gasteiger partial charge < -0.3 is 14.8 Å². The molecule has 0 atom stereocenters. The Morgan fingerprint density at radius 2 is 1.97 bits per heavy atom. The van der Waals surface area contributed by atoms with Gasteiger partial charge in [-0.05, 0) is 31.2 Å². The van der Waals surface area contributed by atoms with Gasteiger partial charge in [0, 0.05) is 19.5 Å². The number of pyridine rings is 2. The molecule has 3 heterocycles. The summed E-state index contributed by atoms with van der Waals surface area (Å²) in [6.45, 7) is 2.23. The van der Waals surface area contributed by atoms with Crippen molar-refractivity contribution in [1.29, 1.82) is 0 Å². The minimum Gasteiger partial charge on any atom is -0.474 e. The smallest absolute Gasteiger partial charge is 0.417 e. The van der Waals surface area contributed by atoms with E-state index in [4.69, 9.17) is 9.47 Å². The number of hydrogen-bond donors (Lipinski definition) is 1. The van der Waals surface area contributed by atoms with Gasteiger partial charge in [-0.1, -0.05) is 0 Å². The number of carbonyl (C=O) groups is 1. The Hall–Kier alpha value is -3.47. The summed E-state index contributed by atoms with van der Waals surface area (Å²) >= 11 is 0. The van der Waals surface area contributed by atoms with Gasteiger partial charge in [0.05, 0.1) is 29.6 Å². The molecule has 0 aliphatic rings. The van der Waals surface area contributed by atoms with Crippen molar-refractivity contribution in [3.8, 4) is 11.7 Å². The Balaban J connectivity index is 1.79. The number of halogens is 3. The zero-order chi connectivity index (χ0) is 21.7. The molecule has 0 fully saturated rings. The number of nitrogens with one attached hydrogen (secondary N) is 1. The lowest BCUT2D eigenvalue weighted by Crippen LogP contribution is -2.15. The Morgan fingerprint density at radius 1 is 1.17 bits per heavy atom. The largest absolute Gasteiger partial charge is 0.474 e. The van der Waals surface area contributed by atoms with Crippen molar-refractivity contribution in [2.45, 2.75) is 13.1 Å². The number of hydrogen-bond acceptors (Lipinski definition) is 6. The summed E-state index contributed by atoms with van der Waals surface area (Å²) in [4.78, 5) is 20.6. The van der Waals surface area contributed by atoms with Crippen molar-refractivity contribution in [2.75, 3.05) is 25.6 Å². The fourth-order valence-electron chi connectivity index (χ4n) is 2.55. The van der Waals surface area contributed by atoms with E-state index in [-0.39, 0.29) is 23.9 Å². The average Bonchev–Trinajstić information content (AvgIpc) is 3.10. The molecule has 0 radical (unpaired) electrons. The third-order valence-electron chi connectivity index (χ3n) is 4.09. The Morgan fingerprint density at radius 3 is 2.63 bits per heavy atom. The minimum atomic E-state index is -4.48. The molecular weight excluding hydrogens is 403 g/mol. The molecular formula is C19H18F3N5O3. The van der Waals surface area contributed by atoms with Gasteiger partial charge in [-0.25, -0.2) is 14.6 Å². The van der Waals surface area contributed by atoms with E-state index in [0.717, 1.165) is 12.3 Å². The summed E-state index contributed by atoms with van der Waals surface area (Å²) in [5, 5.41) is 6.77. The van der Waals surface area contributed by atoms with E-state index in [9.17, 15) is 18.0 Å². The molecule has 0 aromatic carbocycles. The number of carbonyl (C=O) groups excluding carboxylic acids is 1. The fraction of sp³-hybridized carbons (Fsp3) is 0.263. The average molecular weight is 421 g/mol. The number of methoxy groups -OCH3 is 1. The highest BCUT2D eigenvalue weighted by Gasteiger charge is 2.30. The van der Waals surface area contributed by atoms with Crippen LogP contribution in [0.1, 0.15) is 21.6 Å². The first-order valence-electron chi connectivity index (χ1n) is 8.77. The van der Waals surface area contributed by atoms with E-state index >= 15 is 0 Å². The van der Waals surface area contributed by atoms with E-state index in [1.807, 2.05) is 0 Å². The summed E-state index contributed by atoms with van der Waals surface area (Å²) in [5.74, 6) is -0.0860. The predicted molar refractivity (Wildman–Crippen MR) is 101 cm³/mol. The number of nitrogens with zero attached hydrogens (tertiary/aromatic N) is 4. The normalized spacial score (nSPS) is 11.4. The highest BCUT2D eigenvalue weighted by atomic mass is 19.4. The predicted octanol–water partition coefficient (Wildman–Crippen LogP) is 3.27. The molecule has 30 heavy (non-hydrogen) atoms. The SMILES string of the molecule is COCCOc1ncccc1NC(=O)c1cnn(-c2ccc(C(F)(F)F)cn2)c1C. The highest BCUT2D eigenvalue weighted by molar-refractivity contribution is 6.05. The molecule has 0 saturated heterocycles. The Bertz CT molecular complexity index is 1020. The first-order chi connectivity index (χ1) is 14.3. The van der Waals surface area contributed by atoms with E-state index < -0.39 is 17.6 Å². The van der Waals surface area contributed by atoms with Crippen LogP contribution in [0.2, 0.25) is 0 Å². The van der Waals surface area contributed by atoms with Gasteiger partial charge in [0.15, 0.2) is 5.82 Å². The quantitative estimate of drug-likeness (QED) is 0.589. The van der Waals surface area contributed by atoms with Crippen LogP contribution < -0.4 is 10.1 Å². The maximum atomic E-state index is 12.7. The molecule has 0 unspecified atom stereocenters. The molecule has 11 heteroatoms. The second-order valence-corrected chi connectivity index (χ2v) is 6.11. The third kappa shape index (κ3) is 4.74. The van der Waals surface area contributed by atoms with Crippen molar-refractivity contribution in [2.24, 2.45) is 0 Å². The van der Waals surface area contributed by atoms with Crippen LogP contribution in [0, 0.1) is 6.92 Å². The highest BCUT2D eigenvalue weighted by Crippen LogP contribution is 2.29. The van der Waals surface area contributed by atoms with Crippen LogP contribution in [0.25, 0.3) is 5.82 Å². The van der Waals surface area contributed by atoms with Crippen LogP contribution in [-0.2, 0) is 10.9 Å². The maximum Gasteiger partial charge on any atom is 0.417 e. The van der Waals surface area contributed by atoms with Crippen LogP contribution in [0.3, 0.4) is 0 Å². The van der Waals surface area contributed by atoms with Crippen LogP contribution in [0.5, 0.6) is 5.88 Å². The van der Waals surface area contributed by atoms with Gasteiger partial charge in [0.1, 0.15) is 12.3 Å². The van der Waals surface area contributed by atoms with Crippen LogP contribution in [0.15, 0.2) is 42.9 Å². The summed E-state index contributed by atoms with van der Waals surface area (Å²) < 4.78 is 49.8. The number of aromatic nitrogens is 4. The maximum absolute atomic E-state index is 12.7. The zero-order valence-corrected chi connectivity index (χ0v) is 16.1. The van der Waals surface area contributed by atoms with Gasteiger partial charge in [-0.2, -0.15) is 18.3 Å². The molecule has 1 N–H and O–H groups in total. The Labute approximate surface area is 169 Å². The lowest BCUT2D eigenvalue weighted by Gasteiger charge is -2.11. The van der Waals surface area contributed by atoms with Gasteiger partial charge in [-0.15, -0.1) is 0 Å². The summed E-state index contributed by atoms with van der Waals surface area (Å²) in [6.07, 6.45) is -0.929. The standard InChI is InChI=1S/C19H18F3N5O3/c1-12-14(11-25-27(12)16-6-5-13(10-24-16)19(20,21)22)17(28)26-15-4-3-7-23-18(15)30-9-8-29-2/h3-7,10-11H,8-9H2,1-2H3,(H,26,28). The number of rotatable bonds is 7. The van der Waals surface area contributed by atoms with Crippen molar-refractivity contribution in [3.63, 3.8) is 0 Å². The van der Waals surface area contributed by atoms with E-state index in [1.165, 1.54) is 30.3 Å². The van der Waals surface area contributed by atoms with Gasteiger partial charge >= 0.3 is 6.18 Å². The molecule has 0 bridgehead atoms. The van der Waals surface area contributed by atoms with Crippen molar-refractivity contribution >= 4 is 11.6 Å². The lowest BCUT2D eigenvalue weighted by molar-refractivity contribution is -0.137. The second-order valence-electron chi connectivity index (χ2n) is 6.11. The lowest BCUT2D eigenvalue weighted by atomic mass is 10.2. The number of alkyl halides is 3. The number of amides is 1. The number of anilines is 1. The van der Waals surface area contributed by atoms with E-state index in [1.54, 1.807) is 19.1 Å². The minimum absolute atomic E-state index is 0.157. The van der Waals surface area contributed by atoms with E-state index in [2.05, 4.69) is 20.4 Å². The molecule has 3 rings (SSSR count). The first kappa shape index (κ1) is 21.2. The molecule has 0 spiro atoms. The van der Waals surface area contributed by atoms with Crippen molar-refractivity contribution in [3.05, 3.63) is 59.7 Å². The second kappa shape index (κ2) is 8.91. The molecule has 0 saturated carbocycles. The first-order valence-corrected chi connectivity index (χ1v) is 8.77. The van der Waals surface area contributed by atoms with Crippen LogP contribution in [-0.4, -0.2) is 46.0 Å². The van der Waals surface area contributed by atoms with Gasteiger partial charge in [-0.3, -0.25) is 4.79 Å². The summed E-state index contributed by atoms with van der Waals surface area (Å²) in [7, 11) is 1.54. The molecule has 3 aromatic rings. The molecule has 0 aliphatic carbocycles. The number of ether oxygens (including phenoxy) is 2. The monoisotopic (exact) mass is 421 g/mol. The van der Waals surface area contributed by atoms with Gasteiger partial charge in [0.25, 0.3) is 5.91 Å². The van der Waals surface area contributed by atoms with Crippen LogP contribution >= 0.6 is 0 Å². The molecule has 3 aromatic heterocycles. The zero-order valence-electron chi connectivity index (χ0n) is 16.1. The molecule has 8 nitrogen and oxygen atoms in total. The molecule has 0 aliphatic heterocycles. The summed E-state index contributed by atoms with van der Waals surface area (Å²) in [5.41, 5.74) is 0.124.